The molecule has 6 nitrogen and oxygen atoms in total. The topological polar surface area (TPSA) is 82.1 Å². The van der Waals surface area contributed by atoms with Crippen LogP contribution in [-0.2, 0) is 0 Å². The van der Waals surface area contributed by atoms with Crippen LogP contribution in [0.5, 0.6) is 0 Å². The van der Waals surface area contributed by atoms with E-state index in [1.807, 2.05) is 0 Å². The van der Waals surface area contributed by atoms with Crippen LogP contribution in [0.15, 0.2) is 28.8 Å². The maximum atomic E-state index is 10.5. The zero-order chi connectivity index (χ0) is 10.8. The first-order valence-electron chi connectivity index (χ1n) is 4.22. The van der Waals surface area contributed by atoms with Gasteiger partial charge in [0.15, 0.2) is 0 Å². The van der Waals surface area contributed by atoms with Crippen LogP contribution in [0, 0.1) is 17.0 Å². The molecule has 0 aliphatic heterocycles. The molecule has 1 aromatic heterocycles. The molecule has 0 spiro atoms. The molecule has 0 atom stereocenters. The zero-order valence-electron chi connectivity index (χ0n) is 7.88. The lowest BCUT2D eigenvalue weighted by atomic mass is 10.2. The number of rotatable bonds is 2. The van der Waals surface area contributed by atoms with Gasteiger partial charge in [-0.1, -0.05) is 17.3 Å². The third-order valence-electron chi connectivity index (χ3n) is 1.84. The van der Waals surface area contributed by atoms with E-state index in [0.29, 0.717) is 17.3 Å². The predicted molar refractivity (Wildman–Crippen MR) is 51.1 cm³/mol. The third-order valence-corrected chi connectivity index (χ3v) is 1.84. The normalized spacial score (nSPS) is 10.2. The lowest BCUT2D eigenvalue weighted by molar-refractivity contribution is -0.384. The van der Waals surface area contributed by atoms with E-state index >= 15 is 0 Å². The smallest absolute Gasteiger partial charge is 0.270 e. The van der Waals surface area contributed by atoms with Gasteiger partial charge in [0.1, 0.15) is 0 Å². The number of hydrogen-bond donors (Lipinski definition) is 0. The average Bonchev–Trinajstić information content (AvgIpc) is 2.65. The minimum Gasteiger partial charge on any atom is -0.339 e. The van der Waals surface area contributed by atoms with Crippen molar-refractivity contribution in [3.63, 3.8) is 0 Å². The summed E-state index contributed by atoms with van der Waals surface area (Å²) in [5, 5.41) is 14.2. The average molecular weight is 205 g/mol. The van der Waals surface area contributed by atoms with E-state index in [1.54, 1.807) is 19.1 Å². The molecule has 0 saturated heterocycles. The van der Waals surface area contributed by atoms with Gasteiger partial charge in [-0.3, -0.25) is 10.1 Å². The predicted octanol–water partition coefficient (Wildman–Crippen LogP) is 1.95. The molecular weight excluding hydrogens is 198 g/mol. The summed E-state index contributed by atoms with van der Waals surface area (Å²) in [7, 11) is 0. The number of hydrogen-bond acceptors (Lipinski definition) is 5. The summed E-state index contributed by atoms with van der Waals surface area (Å²) in [4.78, 5) is 14.1. The van der Waals surface area contributed by atoms with E-state index in [9.17, 15) is 10.1 Å². The van der Waals surface area contributed by atoms with Gasteiger partial charge in [0.2, 0.25) is 11.7 Å². The summed E-state index contributed by atoms with van der Waals surface area (Å²) < 4.78 is 4.79. The Hall–Kier alpha value is -2.24. The number of nitro groups is 1. The largest absolute Gasteiger partial charge is 0.339 e. The SMILES string of the molecule is Cc1nc(-c2cccc([N+](=O)[O-])c2)no1. The Labute approximate surface area is 84.7 Å². The molecule has 1 aromatic carbocycles. The molecule has 0 amide bonds. The van der Waals surface area contributed by atoms with Crippen LogP contribution in [0.1, 0.15) is 5.89 Å². The Kier molecular flexibility index (Phi) is 2.17. The van der Waals surface area contributed by atoms with Gasteiger partial charge in [0, 0.05) is 24.6 Å². The van der Waals surface area contributed by atoms with Gasteiger partial charge in [-0.15, -0.1) is 0 Å². The quantitative estimate of drug-likeness (QED) is 0.552. The van der Waals surface area contributed by atoms with E-state index in [2.05, 4.69) is 10.1 Å². The van der Waals surface area contributed by atoms with E-state index in [-0.39, 0.29) is 5.69 Å². The highest BCUT2D eigenvalue weighted by molar-refractivity contribution is 5.58. The molecule has 0 aliphatic carbocycles. The fourth-order valence-electron chi connectivity index (χ4n) is 1.18. The summed E-state index contributed by atoms with van der Waals surface area (Å²) in [6.07, 6.45) is 0. The molecule has 0 N–H and O–H groups in total. The first-order valence-corrected chi connectivity index (χ1v) is 4.22. The van der Waals surface area contributed by atoms with Crippen LogP contribution in [0.2, 0.25) is 0 Å². The summed E-state index contributed by atoms with van der Waals surface area (Å²) >= 11 is 0. The van der Waals surface area contributed by atoms with Crippen molar-refractivity contribution in [2.45, 2.75) is 6.92 Å². The van der Waals surface area contributed by atoms with Crippen molar-refractivity contribution in [3.8, 4) is 11.4 Å². The lowest BCUT2D eigenvalue weighted by Crippen LogP contribution is -1.88. The Morgan fingerprint density at radius 3 is 2.87 bits per heavy atom. The standard InChI is InChI=1S/C9H7N3O3/c1-6-10-9(11-15-6)7-3-2-4-8(5-7)12(13)14/h2-5H,1H3. The first kappa shape index (κ1) is 9.32. The van der Waals surface area contributed by atoms with Gasteiger partial charge in [0.25, 0.3) is 5.69 Å². The molecule has 0 unspecified atom stereocenters. The molecule has 2 rings (SSSR count). The molecule has 0 bridgehead atoms. The molecule has 1 heterocycles. The molecule has 0 fully saturated rings. The number of aryl methyl sites for hydroxylation is 1. The summed E-state index contributed by atoms with van der Waals surface area (Å²) in [5.41, 5.74) is 0.580. The minimum absolute atomic E-state index is 0.00922. The third kappa shape index (κ3) is 1.83. The van der Waals surface area contributed by atoms with Crippen molar-refractivity contribution in [3.05, 3.63) is 40.3 Å². The highest BCUT2D eigenvalue weighted by Gasteiger charge is 2.10. The van der Waals surface area contributed by atoms with Gasteiger partial charge < -0.3 is 4.52 Å². The molecular formula is C9H7N3O3. The van der Waals surface area contributed by atoms with Gasteiger partial charge in [-0.25, -0.2) is 0 Å². The first-order chi connectivity index (χ1) is 7.16. The minimum atomic E-state index is -0.462. The summed E-state index contributed by atoms with van der Waals surface area (Å²) in [6.45, 7) is 1.66. The summed E-state index contributed by atoms with van der Waals surface area (Å²) in [5.74, 6) is 0.785. The number of benzene rings is 1. The number of nitro benzene ring substituents is 1. The molecule has 0 aliphatic rings. The molecule has 2 aromatic rings. The van der Waals surface area contributed by atoms with Crippen molar-refractivity contribution in [2.24, 2.45) is 0 Å². The molecule has 0 saturated carbocycles. The van der Waals surface area contributed by atoms with Crippen LogP contribution in [0.25, 0.3) is 11.4 Å². The van der Waals surface area contributed by atoms with Crippen molar-refractivity contribution in [1.82, 2.24) is 10.1 Å². The van der Waals surface area contributed by atoms with E-state index in [4.69, 9.17) is 4.52 Å². The maximum Gasteiger partial charge on any atom is 0.270 e. The second kappa shape index (κ2) is 3.49. The zero-order valence-corrected chi connectivity index (χ0v) is 7.88. The van der Waals surface area contributed by atoms with Crippen LogP contribution in [0.4, 0.5) is 5.69 Å². The lowest BCUT2D eigenvalue weighted by Gasteiger charge is -1.93. The van der Waals surface area contributed by atoms with E-state index in [0.717, 1.165) is 0 Å². The molecule has 76 valence electrons. The van der Waals surface area contributed by atoms with Crippen molar-refractivity contribution >= 4 is 5.69 Å². The highest BCUT2D eigenvalue weighted by atomic mass is 16.6. The molecule has 0 radical (unpaired) electrons. The molecule has 15 heavy (non-hydrogen) atoms. The molecule has 6 heteroatoms. The maximum absolute atomic E-state index is 10.5. The summed E-state index contributed by atoms with van der Waals surface area (Å²) in [6, 6.07) is 6.09. The van der Waals surface area contributed by atoms with Gasteiger partial charge in [0.05, 0.1) is 4.92 Å². The van der Waals surface area contributed by atoms with Crippen LogP contribution < -0.4 is 0 Å². The van der Waals surface area contributed by atoms with E-state index < -0.39 is 4.92 Å². The van der Waals surface area contributed by atoms with Crippen molar-refractivity contribution in [1.29, 1.82) is 0 Å². The second-order valence-corrected chi connectivity index (χ2v) is 2.94. The number of nitrogens with zero attached hydrogens (tertiary/aromatic N) is 3. The monoisotopic (exact) mass is 205 g/mol. The Bertz CT molecular complexity index is 507. The Morgan fingerprint density at radius 2 is 2.27 bits per heavy atom. The number of non-ortho nitro benzene ring substituents is 1. The van der Waals surface area contributed by atoms with Crippen LogP contribution in [-0.4, -0.2) is 15.1 Å². The van der Waals surface area contributed by atoms with Crippen molar-refractivity contribution < 1.29 is 9.45 Å². The van der Waals surface area contributed by atoms with Crippen molar-refractivity contribution in [2.75, 3.05) is 0 Å². The van der Waals surface area contributed by atoms with Gasteiger partial charge >= 0.3 is 0 Å². The van der Waals surface area contributed by atoms with Gasteiger partial charge in [-0.2, -0.15) is 4.98 Å². The van der Waals surface area contributed by atoms with E-state index in [1.165, 1.54) is 12.1 Å². The number of aromatic nitrogens is 2. The van der Waals surface area contributed by atoms with Crippen LogP contribution in [0.3, 0.4) is 0 Å². The second-order valence-electron chi connectivity index (χ2n) is 2.94. The Morgan fingerprint density at radius 1 is 1.47 bits per heavy atom. The van der Waals surface area contributed by atoms with Gasteiger partial charge in [-0.05, 0) is 0 Å². The van der Waals surface area contributed by atoms with Crippen LogP contribution >= 0.6 is 0 Å². The fraction of sp³-hybridized carbons (Fsp3) is 0.111. The fourth-order valence-corrected chi connectivity index (χ4v) is 1.18. The highest BCUT2D eigenvalue weighted by Crippen LogP contribution is 2.20. The Balaban J connectivity index is 2.45.